The minimum absolute atomic E-state index is 0.0532. The van der Waals surface area contributed by atoms with E-state index in [4.69, 9.17) is 0 Å². The molecule has 0 amide bonds. The first kappa shape index (κ1) is 4.12. The number of nitrogens with one attached hydrogen (secondary N) is 1. The van der Waals surface area contributed by atoms with Gasteiger partial charge in [0.25, 0.3) is 0 Å². The van der Waals surface area contributed by atoms with E-state index in [-0.39, 0.29) is 5.88 Å². The third-order valence-corrected chi connectivity index (χ3v) is 0.681. The number of rotatable bonds is 0. The van der Waals surface area contributed by atoms with Gasteiger partial charge in [0, 0.05) is 6.07 Å². The summed E-state index contributed by atoms with van der Waals surface area (Å²) in [5.74, 6) is -0.0532. The highest BCUT2D eigenvalue weighted by Gasteiger charge is 1.74. The molecule has 2 nitrogen and oxygen atoms in total. The number of aromatic nitrogens is 1. The van der Waals surface area contributed by atoms with E-state index in [1.807, 2.05) is 0 Å². The van der Waals surface area contributed by atoms with E-state index in [9.17, 15) is 5.11 Å². The van der Waals surface area contributed by atoms with Crippen LogP contribution in [0, 0.1) is 0 Å². The minimum atomic E-state index is -0.0532. The predicted molar refractivity (Wildman–Crippen MR) is 24.6 cm³/mol. The van der Waals surface area contributed by atoms with Crippen LogP contribution in [0.4, 0.5) is 0 Å². The average molecular weight is 95.1 g/mol. The fraction of sp³-hybridized carbons (Fsp3) is 0. The molecule has 0 spiro atoms. The predicted octanol–water partition coefficient (Wildman–Crippen LogP) is 0.369. The molecule has 7 heavy (non-hydrogen) atoms. The maximum Gasteiger partial charge on any atom is 0.102 e. The zero-order valence-electron chi connectivity index (χ0n) is 3.72. The SMILES string of the molecule is [O-][c+]1cccc[nH]1. The second kappa shape index (κ2) is 1.60. The monoisotopic (exact) mass is 95.0 g/mol. The zero-order valence-corrected chi connectivity index (χ0v) is 3.72. The Morgan fingerprint density at radius 3 is 2.57 bits per heavy atom. The Kier molecular flexibility index (Phi) is 0.941. The molecular formula is C5H5NO. The highest BCUT2D eigenvalue weighted by molar-refractivity contribution is 5.04. The summed E-state index contributed by atoms with van der Waals surface area (Å²) in [7, 11) is 0. The number of hydrogen-bond donors (Lipinski definition) is 1. The molecule has 0 aliphatic rings. The molecule has 1 N–H and O–H groups in total. The normalized spacial score (nSPS) is 8.57. The molecule has 36 valence electrons. The van der Waals surface area contributed by atoms with Gasteiger partial charge in [-0.05, 0) is 0 Å². The van der Waals surface area contributed by atoms with Crippen molar-refractivity contribution in [3.8, 4) is 5.88 Å². The fourth-order valence-corrected chi connectivity index (χ4v) is 0.377. The van der Waals surface area contributed by atoms with Gasteiger partial charge >= 0.3 is 0 Å². The first-order valence-corrected chi connectivity index (χ1v) is 2.03. The lowest BCUT2D eigenvalue weighted by molar-refractivity contribution is -0.274. The van der Waals surface area contributed by atoms with Crippen LogP contribution in [-0.2, 0) is 0 Å². The van der Waals surface area contributed by atoms with Crippen LogP contribution in [0.2, 0.25) is 0 Å². The first-order valence-electron chi connectivity index (χ1n) is 2.03. The fourth-order valence-electron chi connectivity index (χ4n) is 0.377. The summed E-state index contributed by atoms with van der Waals surface area (Å²) in [6, 6.07) is 4.93. The summed E-state index contributed by atoms with van der Waals surface area (Å²) in [5.41, 5.74) is 0. The molecule has 0 bridgehead atoms. The van der Waals surface area contributed by atoms with Crippen molar-refractivity contribution in [1.82, 2.24) is 4.98 Å². The van der Waals surface area contributed by atoms with Crippen LogP contribution in [-0.4, -0.2) is 4.98 Å². The van der Waals surface area contributed by atoms with Crippen LogP contribution in [0.1, 0.15) is 0 Å². The topological polar surface area (TPSA) is 38.8 Å². The molecular weight excluding hydrogens is 90.1 g/mol. The standard InChI is InChI=1S/C5H5NO/c7-5-3-1-2-4-6-5/h1-4,6H. The average Bonchev–Trinajstić information content (AvgIpc) is 1.69. The lowest BCUT2D eigenvalue weighted by atomic mass is 10.5. The van der Waals surface area contributed by atoms with Gasteiger partial charge in [0.05, 0.1) is 18.0 Å². The summed E-state index contributed by atoms with van der Waals surface area (Å²) in [6.45, 7) is 0. The molecule has 0 aromatic carbocycles. The van der Waals surface area contributed by atoms with Gasteiger partial charge in [-0.25, -0.2) is 0 Å². The maximum atomic E-state index is 10.2. The molecule has 0 atom stereocenters. The van der Waals surface area contributed by atoms with Crippen LogP contribution >= 0.6 is 0 Å². The van der Waals surface area contributed by atoms with E-state index in [2.05, 4.69) is 4.98 Å². The van der Waals surface area contributed by atoms with Crippen molar-refractivity contribution >= 4 is 0 Å². The quantitative estimate of drug-likeness (QED) is 0.464. The van der Waals surface area contributed by atoms with E-state index in [0.29, 0.717) is 0 Å². The summed E-state index contributed by atoms with van der Waals surface area (Å²) in [4.78, 5) is 2.48. The molecule has 1 aromatic heterocycles. The second-order valence-corrected chi connectivity index (χ2v) is 1.23. The highest BCUT2D eigenvalue weighted by atomic mass is 16.3. The lowest BCUT2D eigenvalue weighted by Crippen LogP contribution is -1.90. The van der Waals surface area contributed by atoms with Gasteiger partial charge in [0.1, 0.15) is 6.20 Å². The smallest absolute Gasteiger partial charge is 0.102 e. The van der Waals surface area contributed by atoms with Crippen molar-refractivity contribution in [2.75, 3.05) is 0 Å². The van der Waals surface area contributed by atoms with Crippen molar-refractivity contribution in [2.24, 2.45) is 0 Å². The van der Waals surface area contributed by atoms with Crippen molar-refractivity contribution in [2.45, 2.75) is 0 Å². The molecule has 2 heteroatoms. The molecule has 1 heterocycles. The van der Waals surface area contributed by atoms with Crippen molar-refractivity contribution < 1.29 is 5.11 Å². The molecule has 0 aliphatic heterocycles. The van der Waals surface area contributed by atoms with Gasteiger partial charge in [-0.1, -0.05) is 0 Å². The molecule has 0 saturated heterocycles. The molecule has 0 unspecified atom stereocenters. The van der Waals surface area contributed by atoms with Crippen LogP contribution < -0.4 is 5.11 Å². The Balaban J connectivity index is 3.02. The van der Waals surface area contributed by atoms with E-state index >= 15 is 0 Å². The van der Waals surface area contributed by atoms with E-state index in [1.54, 1.807) is 18.3 Å². The van der Waals surface area contributed by atoms with Gasteiger partial charge < -0.3 is 5.11 Å². The lowest BCUT2D eigenvalue weighted by Gasteiger charge is -1.89. The molecule has 0 aliphatic carbocycles. The van der Waals surface area contributed by atoms with Crippen LogP contribution in [0.5, 0.6) is 5.88 Å². The zero-order chi connectivity index (χ0) is 5.11. The minimum Gasteiger partial charge on any atom is -0.801 e. The second-order valence-electron chi connectivity index (χ2n) is 1.23. The summed E-state index contributed by atoms with van der Waals surface area (Å²) >= 11 is 0. The Bertz CT molecular complexity index is 138. The summed E-state index contributed by atoms with van der Waals surface area (Å²) in [5, 5.41) is 10.2. The number of pyridine rings is 1. The van der Waals surface area contributed by atoms with Crippen molar-refractivity contribution in [3.63, 3.8) is 0 Å². The third kappa shape index (κ3) is 0.892. The largest absolute Gasteiger partial charge is 0.801 e. The van der Waals surface area contributed by atoms with E-state index in [0.717, 1.165) is 0 Å². The van der Waals surface area contributed by atoms with Crippen molar-refractivity contribution in [3.05, 3.63) is 24.4 Å². The molecule has 0 radical (unpaired) electrons. The van der Waals surface area contributed by atoms with Gasteiger partial charge in [0.15, 0.2) is 0 Å². The van der Waals surface area contributed by atoms with Crippen LogP contribution in [0.15, 0.2) is 24.4 Å². The number of H-pyrrole nitrogens is 1. The Morgan fingerprint density at radius 1 is 1.43 bits per heavy atom. The highest BCUT2D eigenvalue weighted by Crippen LogP contribution is 1.91. The summed E-state index contributed by atoms with van der Waals surface area (Å²) < 4.78 is 0. The Morgan fingerprint density at radius 2 is 2.29 bits per heavy atom. The third-order valence-electron chi connectivity index (χ3n) is 0.681. The Labute approximate surface area is 41.4 Å². The molecule has 1 aromatic rings. The van der Waals surface area contributed by atoms with E-state index < -0.39 is 0 Å². The first-order chi connectivity index (χ1) is 3.39. The van der Waals surface area contributed by atoms with Gasteiger partial charge in [-0.3, -0.25) is 4.98 Å². The van der Waals surface area contributed by atoms with E-state index in [1.165, 1.54) is 6.07 Å². The van der Waals surface area contributed by atoms with Crippen LogP contribution in [0.3, 0.4) is 0 Å². The Hall–Kier alpha value is -1.05. The van der Waals surface area contributed by atoms with Crippen LogP contribution in [0.25, 0.3) is 0 Å². The molecule has 1 rings (SSSR count). The van der Waals surface area contributed by atoms with Gasteiger partial charge in [-0.15, -0.1) is 0 Å². The van der Waals surface area contributed by atoms with Gasteiger partial charge in [0.2, 0.25) is 0 Å². The molecule has 0 saturated carbocycles. The number of aromatic amines is 1. The molecule has 0 fully saturated rings. The summed E-state index contributed by atoms with van der Waals surface area (Å²) in [6.07, 6.45) is 1.60. The maximum absolute atomic E-state index is 10.2. The van der Waals surface area contributed by atoms with Crippen molar-refractivity contribution in [1.29, 1.82) is 0 Å². The van der Waals surface area contributed by atoms with Gasteiger partial charge in [-0.2, -0.15) is 0 Å². The number of hydrogen-bond acceptors (Lipinski definition) is 1.